The van der Waals surface area contributed by atoms with Crippen molar-refractivity contribution in [1.82, 2.24) is 10.2 Å². The molecule has 1 saturated carbocycles. The minimum Gasteiger partial charge on any atom is -0.493 e. The zero-order valence-electron chi connectivity index (χ0n) is 16.4. The Morgan fingerprint density at radius 3 is 2.59 bits per heavy atom. The summed E-state index contributed by atoms with van der Waals surface area (Å²) in [6, 6.07) is 6.63. The highest BCUT2D eigenvalue weighted by molar-refractivity contribution is 5.43. The normalized spacial score (nSPS) is 20.7. The highest BCUT2D eigenvalue weighted by Crippen LogP contribution is 2.28. The molecule has 1 saturated heterocycles. The van der Waals surface area contributed by atoms with Gasteiger partial charge in [-0.3, -0.25) is 0 Å². The second kappa shape index (κ2) is 10.3. The number of aliphatic hydroxyl groups excluding tert-OH is 2. The number of nitrogens with one attached hydrogen (secondary N) is 1. The standard InChI is InChI=1S/C21H34N2O4/c1-26-21-12-16(13-22-17-4-2-3-5-17)6-7-20(21)27-15-19(25)14-23-10-8-18(24)9-11-23/h6-7,12,17-19,22,24-25H,2-5,8-11,13-15H2,1H3/t19-/m0/s1. The SMILES string of the molecule is COc1cc(CNC2CCCC2)ccc1OC[C@@H](O)CN1CCC(O)CC1. The van der Waals surface area contributed by atoms with Gasteiger partial charge in [0, 0.05) is 32.2 Å². The van der Waals surface area contributed by atoms with Gasteiger partial charge in [-0.05, 0) is 43.4 Å². The van der Waals surface area contributed by atoms with Gasteiger partial charge in [-0.1, -0.05) is 18.9 Å². The maximum Gasteiger partial charge on any atom is 0.161 e. The second-order valence-corrected chi connectivity index (χ2v) is 7.84. The summed E-state index contributed by atoms with van der Waals surface area (Å²) in [7, 11) is 1.64. The molecule has 152 valence electrons. The molecule has 1 aliphatic carbocycles. The van der Waals surface area contributed by atoms with Crippen molar-refractivity contribution >= 4 is 0 Å². The molecule has 1 aromatic carbocycles. The predicted octanol–water partition coefficient (Wildman–Crippen LogP) is 1.92. The summed E-state index contributed by atoms with van der Waals surface area (Å²) in [5.74, 6) is 1.37. The lowest BCUT2D eigenvalue weighted by atomic mass is 10.1. The van der Waals surface area contributed by atoms with Crippen LogP contribution in [0.3, 0.4) is 0 Å². The number of aliphatic hydroxyl groups is 2. The van der Waals surface area contributed by atoms with Crippen molar-refractivity contribution in [2.75, 3.05) is 33.4 Å². The third-order valence-corrected chi connectivity index (χ3v) is 5.64. The Kier molecular flexibility index (Phi) is 7.76. The Morgan fingerprint density at radius 2 is 1.89 bits per heavy atom. The van der Waals surface area contributed by atoms with Gasteiger partial charge in [0.2, 0.25) is 0 Å². The van der Waals surface area contributed by atoms with Crippen LogP contribution in [0.2, 0.25) is 0 Å². The van der Waals surface area contributed by atoms with E-state index >= 15 is 0 Å². The first kappa shape index (κ1) is 20.4. The maximum atomic E-state index is 10.3. The van der Waals surface area contributed by atoms with E-state index in [2.05, 4.69) is 16.3 Å². The highest BCUT2D eigenvalue weighted by Gasteiger charge is 2.20. The monoisotopic (exact) mass is 378 g/mol. The first-order valence-corrected chi connectivity index (χ1v) is 10.3. The lowest BCUT2D eigenvalue weighted by molar-refractivity contribution is 0.0333. The third-order valence-electron chi connectivity index (χ3n) is 5.64. The van der Waals surface area contributed by atoms with Crippen LogP contribution in [0, 0.1) is 0 Å². The molecule has 1 aliphatic heterocycles. The van der Waals surface area contributed by atoms with Gasteiger partial charge in [0.1, 0.15) is 12.7 Å². The number of rotatable bonds is 9. The predicted molar refractivity (Wildman–Crippen MR) is 105 cm³/mol. The molecule has 1 atom stereocenters. The highest BCUT2D eigenvalue weighted by atomic mass is 16.5. The summed E-state index contributed by atoms with van der Waals surface area (Å²) in [5, 5.41) is 23.4. The van der Waals surface area contributed by atoms with Gasteiger partial charge in [0.15, 0.2) is 11.5 Å². The Bertz CT molecular complexity index is 569. The summed E-state index contributed by atoms with van der Waals surface area (Å²) in [4.78, 5) is 2.18. The molecule has 0 bridgehead atoms. The molecule has 1 aromatic rings. The Labute approximate surface area is 162 Å². The van der Waals surface area contributed by atoms with Crippen molar-refractivity contribution in [3.8, 4) is 11.5 Å². The van der Waals surface area contributed by atoms with Crippen molar-refractivity contribution in [1.29, 1.82) is 0 Å². The maximum absolute atomic E-state index is 10.3. The van der Waals surface area contributed by atoms with Gasteiger partial charge >= 0.3 is 0 Å². The number of hydrogen-bond donors (Lipinski definition) is 3. The van der Waals surface area contributed by atoms with Crippen LogP contribution in [-0.2, 0) is 6.54 Å². The topological polar surface area (TPSA) is 74.2 Å². The molecule has 1 heterocycles. The lowest BCUT2D eigenvalue weighted by Crippen LogP contribution is -2.41. The van der Waals surface area contributed by atoms with Crippen LogP contribution in [0.5, 0.6) is 11.5 Å². The number of methoxy groups -OCH3 is 1. The Morgan fingerprint density at radius 1 is 1.15 bits per heavy atom. The van der Waals surface area contributed by atoms with Gasteiger partial charge in [0.05, 0.1) is 13.2 Å². The van der Waals surface area contributed by atoms with Crippen LogP contribution in [0.25, 0.3) is 0 Å². The third kappa shape index (κ3) is 6.35. The van der Waals surface area contributed by atoms with Crippen molar-refractivity contribution < 1.29 is 19.7 Å². The molecule has 0 radical (unpaired) electrons. The largest absolute Gasteiger partial charge is 0.493 e. The van der Waals surface area contributed by atoms with Crippen LogP contribution < -0.4 is 14.8 Å². The number of piperidine rings is 1. The number of ether oxygens (including phenoxy) is 2. The molecular weight excluding hydrogens is 344 g/mol. The number of likely N-dealkylation sites (tertiary alicyclic amines) is 1. The van der Waals surface area contributed by atoms with Crippen molar-refractivity contribution in [3.05, 3.63) is 23.8 Å². The van der Waals surface area contributed by atoms with Gasteiger partial charge < -0.3 is 29.9 Å². The van der Waals surface area contributed by atoms with E-state index in [1.54, 1.807) is 7.11 Å². The fourth-order valence-corrected chi connectivity index (χ4v) is 3.97. The second-order valence-electron chi connectivity index (χ2n) is 7.84. The van der Waals surface area contributed by atoms with Gasteiger partial charge in [0.25, 0.3) is 0 Å². The minimum absolute atomic E-state index is 0.194. The molecule has 27 heavy (non-hydrogen) atoms. The minimum atomic E-state index is -0.561. The van der Waals surface area contributed by atoms with E-state index in [0.717, 1.165) is 32.5 Å². The molecule has 6 heteroatoms. The summed E-state index contributed by atoms with van der Waals surface area (Å²) in [5.41, 5.74) is 1.18. The van der Waals surface area contributed by atoms with E-state index < -0.39 is 6.10 Å². The molecule has 3 N–H and O–H groups in total. The molecule has 0 unspecified atom stereocenters. The summed E-state index contributed by atoms with van der Waals surface area (Å²) in [6.45, 7) is 3.28. The lowest BCUT2D eigenvalue weighted by Gasteiger charge is -2.30. The van der Waals surface area contributed by atoms with Crippen LogP contribution in [0.15, 0.2) is 18.2 Å². The molecule has 0 spiro atoms. The van der Waals surface area contributed by atoms with Crippen LogP contribution >= 0.6 is 0 Å². The molecular formula is C21H34N2O4. The van der Waals surface area contributed by atoms with Crippen molar-refractivity contribution in [2.45, 2.75) is 63.3 Å². The number of benzene rings is 1. The number of nitrogens with zero attached hydrogens (tertiary/aromatic N) is 1. The van der Waals surface area contributed by atoms with Crippen LogP contribution in [0.1, 0.15) is 44.1 Å². The number of β-amino-alcohol motifs (C(OH)–C–C–N with tert-alkyl or cyclic N) is 1. The summed E-state index contributed by atoms with van der Waals surface area (Å²) in [6.07, 6.45) is 5.99. The zero-order chi connectivity index (χ0) is 19.1. The Hall–Kier alpha value is -1.34. The first-order chi connectivity index (χ1) is 13.1. The van der Waals surface area contributed by atoms with Gasteiger partial charge in [-0.25, -0.2) is 0 Å². The average molecular weight is 379 g/mol. The van der Waals surface area contributed by atoms with E-state index in [-0.39, 0.29) is 12.7 Å². The summed E-state index contributed by atoms with van der Waals surface area (Å²) >= 11 is 0. The smallest absolute Gasteiger partial charge is 0.161 e. The molecule has 6 nitrogen and oxygen atoms in total. The van der Waals surface area contributed by atoms with Gasteiger partial charge in [-0.15, -0.1) is 0 Å². The average Bonchev–Trinajstić information content (AvgIpc) is 3.20. The van der Waals surface area contributed by atoms with E-state index in [0.29, 0.717) is 24.1 Å². The first-order valence-electron chi connectivity index (χ1n) is 10.3. The fraction of sp³-hybridized carbons (Fsp3) is 0.714. The molecule has 2 fully saturated rings. The van der Waals surface area contributed by atoms with E-state index in [1.165, 1.54) is 31.2 Å². The molecule has 3 rings (SSSR count). The summed E-state index contributed by atoms with van der Waals surface area (Å²) < 4.78 is 11.3. The zero-order valence-corrected chi connectivity index (χ0v) is 16.4. The molecule has 0 aromatic heterocycles. The van der Waals surface area contributed by atoms with Gasteiger partial charge in [-0.2, -0.15) is 0 Å². The van der Waals surface area contributed by atoms with E-state index in [1.807, 2.05) is 12.1 Å². The van der Waals surface area contributed by atoms with E-state index in [9.17, 15) is 10.2 Å². The molecule has 0 amide bonds. The van der Waals surface area contributed by atoms with Crippen molar-refractivity contribution in [2.24, 2.45) is 0 Å². The quantitative estimate of drug-likeness (QED) is 0.610. The Balaban J connectivity index is 1.45. The van der Waals surface area contributed by atoms with Crippen molar-refractivity contribution in [3.63, 3.8) is 0 Å². The fourth-order valence-electron chi connectivity index (χ4n) is 3.97. The molecule has 2 aliphatic rings. The van der Waals surface area contributed by atoms with Crippen LogP contribution in [0.4, 0.5) is 0 Å². The number of hydrogen-bond acceptors (Lipinski definition) is 6. The van der Waals surface area contributed by atoms with E-state index in [4.69, 9.17) is 9.47 Å². The van der Waals surface area contributed by atoms with Crippen LogP contribution in [-0.4, -0.2) is 66.7 Å².